The minimum atomic E-state index is -0.585. The first-order chi connectivity index (χ1) is 13.5. The van der Waals surface area contributed by atoms with Crippen LogP contribution in [0.3, 0.4) is 0 Å². The number of aliphatic hydroxyl groups is 2. The van der Waals surface area contributed by atoms with Crippen LogP contribution in [0.5, 0.6) is 5.75 Å². The first kappa shape index (κ1) is 21.4. The summed E-state index contributed by atoms with van der Waals surface area (Å²) in [4.78, 5) is 4.44. The zero-order valence-electron chi connectivity index (χ0n) is 15.7. The van der Waals surface area contributed by atoms with Crippen LogP contribution in [-0.2, 0) is 0 Å². The van der Waals surface area contributed by atoms with Gasteiger partial charge >= 0.3 is 0 Å². The highest BCUT2D eigenvalue weighted by Crippen LogP contribution is 2.30. The monoisotopic (exact) mass is 424 g/mol. The number of piperazine rings is 1. The lowest BCUT2D eigenvalue weighted by Crippen LogP contribution is -2.49. The highest BCUT2D eigenvalue weighted by atomic mass is 35.5. The molecule has 2 aromatic rings. The first-order valence-corrected chi connectivity index (χ1v) is 10.2. The fourth-order valence-electron chi connectivity index (χ4n) is 3.36. The Bertz CT molecular complexity index is 767. The number of halogens is 2. The van der Waals surface area contributed by atoms with Gasteiger partial charge in [-0.1, -0.05) is 35.3 Å². The van der Waals surface area contributed by atoms with Crippen molar-refractivity contribution < 1.29 is 14.9 Å². The van der Waals surface area contributed by atoms with E-state index in [0.717, 1.165) is 37.3 Å². The van der Waals surface area contributed by atoms with Gasteiger partial charge in [0, 0.05) is 49.3 Å². The second-order valence-corrected chi connectivity index (χ2v) is 7.89. The number of aliphatic hydroxyl groups excluding tert-OH is 2. The smallest absolute Gasteiger partial charge is 0.121 e. The lowest BCUT2D eigenvalue weighted by atomic mass is 10.1. The highest BCUT2D eigenvalue weighted by molar-refractivity contribution is 6.31. The van der Waals surface area contributed by atoms with Gasteiger partial charge in [0.15, 0.2) is 0 Å². The molecule has 3 rings (SSSR count). The topological polar surface area (TPSA) is 56.2 Å². The molecular weight excluding hydrogens is 399 g/mol. The molecule has 1 unspecified atom stereocenters. The Balaban J connectivity index is 1.53. The number of benzene rings is 2. The second kappa shape index (κ2) is 10.4. The van der Waals surface area contributed by atoms with E-state index < -0.39 is 6.10 Å². The summed E-state index contributed by atoms with van der Waals surface area (Å²) in [5.41, 5.74) is 1.88. The molecule has 0 saturated carbocycles. The number of β-amino-alcohol motifs (C(OH)–C–C–N with tert-alkyl or cyclic N) is 2. The zero-order valence-corrected chi connectivity index (χ0v) is 17.2. The minimum absolute atomic E-state index is 0.188. The van der Waals surface area contributed by atoms with Gasteiger partial charge in [0.1, 0.15) is 18.5 Å². The van der Waals surface area contributed by atoms with Crippen LogP contribution in [-0.4, -0.2) is 78.6 Å². The molecule has 1 aliphatic rings. The number of ether oxygens (including phenoxy) is 1. The SMILES string of the molecule is OCCN1CCN(CC(O)COc2cc(Cl)cc(-c3cccc(Cl)c3)c2)CC1. The van der Waals surface area contributed by atoms with E-state index in [2.05, 4.69) is 9.80 Å². The van der Waals surface area contributed by atoms with Gasteiger partial charge in [-0.15, -0.1) is 0 Å². The summed E-state index contributed by atoms with van der Waals surface area (Å²) in [5, 5.41) is 20.6. The summed E-state index contributed by atoms with van der Waals surface area (Å²) in [6.45, 7) is 5.24. The van der Waals surface area contributed by atoms with Gasteiger partial charge in [-0.3, -0.25) is 9.80 Å². The Morgan fingerprint density at radius 3 is 2.36 bits per heavy atom. The van der Waals surface area contributed by atoms with E-state index in [-0.39, 0.29) is 13.2 Å². The number of nitrogens with zero attached hydrogens (tertiary/aromatic N) is 2. The van der Waals surface area contributed by atoms with Gasteiger partial charge in [0.05, 0.1) is 6.61 Å². The van der Waals surface area contributed by atoms with Crippen molar-refractivity contribution in [3.8, 4) is 16.9 Å². The molecule has 5 nitrogen and oxygen atoms in total. The van der Waals surface area contributed by atoms with Crippen molar-refractivity contribution in [3.05, 3.63) is 52.5 Å². The number of hydrogen-bond acceptors (Lipinski definition) is 5. The summed E-state index contributed by atoms with van der Waals surface area (Å²) < 4.78 is 5.80. The van der Waals surface area contributed by atoms with Crippen LogP contribution < -0.4 is 4.74 Å². The molecule has 28 heavy (non-hydrogen) atoms. The molecule has 1 saturated heterocycles. The number of hydrogen-bond donors (Lipinski definition) is 2. The van der Waals surface area contributed by atoms with Gasteiger partial charge in [-0.05, 0) is 41.5 Å². The van der Waals surface area contributed by atoms with Crippen LogP contribution in [0.1, 0.15) is 0 Å². The van der Waals surface area contributed by atoms with Crippen molar-refractivity contribution in [2.24, 2.45) is 0 Å². The van der Waals surface area contributed by atoms with Crippen LogP contribution in [0.15, 0.2) is 42.5 Å². The van der Waals surface area contributed by atoms with E-state index in [4.69, 9.17) is 33.0 Å². The third kappa shape index (κ3) is 6.34. The maximum absolute atomic E-state index is 10.4. The normalized spacial score (nSPS) is 16.9. The van der Waals surface area contributed by atoms with Crippen LogP contribution >= 0.6 is 23.2 Å². The third-order valence-electron chi connectivity index (χ3n) is 4.82. The Hall–Kier alpha value is -1.34. The molecule has 2 aromatic carbocycles. The highest BCUT2D eigenvalue weighted by Gasteiger charge is 2.19. The van der Waals surface area contributed by atoms with Gasteiger partial charge in [-0.2, -0.15) is 0 Å². The summed E-state index contributed by atoms with van der Waals surface area (Å²) >= 11 is 12.3. The van der Waals surface area contributed by atoms with Crippen molar-refractivity contribution in [1.29, 1.82) is 0 Å². The Morgan fingerprint density at radius 2 is 1.64 bits per heavy atom. The lowest BCUT2D eigenvalue weighted by molar-refractivity contribution is 0.0428. The quantitative estimate of drug-likeness (QED) is 0.681. The van der Waals surface area contributed by atoms with Gasteiger partial charge in [0.25, 0.3) is 0 Å². The summed E-state index contributed by atoms with van der Waals surface area (Å²) in [6, 6.07) is 13.1. The van der Waals surface area contributed by atoms with Crippen molar-refractivity contribution in [2.75, 3.05) is 52.5 Å². The maximum Gasteiger partial charge on any atom is 0.121 e. The minimum Gasteiger partial charge on any atom is -0.491 e. The largest absolute Gasteiger partial charge is 0.491 e. The first-order valence-electron chi connectivity index (χ1n) is 9.46. The fourth-order valence-corrected chi connectivity index (χ4v) is 3.78. The molecule has 0 radical (unpaired) electrons. The van der Waals surface area contributed by atoms with E-state index in [0.29, 0.717) is 28.9 Å². The Morgan fingerprint density at radius 1 is 0.929 bits per heavy atom. The van der Waals surface area contributed by atoms with Gasteiger partial charge in [0.2, 0.25) is 0 Å². The van der Waals surface area contributed by atoms with Gasteiger partial charge in [-0.25, -0.2) is 0 Å². The lowest BCUT2D eigenvalue weighted by Gasteiger charge is -2.35. The van der Waals surface area contributed by atoms with E-state index in [1.165, 1.54) is 0 Å². The molecule has 0 spiro atoms. The predicted octanol–water partition coefficient (Wildman–Crippen LogP) is 3.01. The molecule has 0 aromatic heterocycles. The van der Waals surface area contributed by atoms with Crippen LogP contribution in [0.4, 0.5) is 0 Å². The fraction of sp³-hybridized carbons (Fsp3) is 0.429. The van der Waals surface area contributed by atoms with Crippen LogP contribution in [0.25, 0.3) is 11.1 Å². The summed E-state index contributed by atoms with van der Waals surface area (Å²) in [7, 11) is 0. The van der Waals surface area contributed by atoms with Crippen molar-refractivity contribution in [2.45, 2.75) is 6.10 Å². The average Bonchev–Trinajstić information content (AvgIpc) is 2.68. The van der Waals surface area contributed by atoms with Crippen LogP contribution in [0, 0.1) is 0 Å². The van der Waals surface area contributed by atoms with Gasteiger partial charge < -0.3 is 14.9 Å². The molecule has 2 N–H and O–H groups in total. The molecule has 0 aliphatic carbocycles. The standard InChI is InChI=1S/C21H26Cl2N2O3/c22-18-3-1-2-16(10-18)17-11-19(23)13-21(12-17)28-15-20(27)14-25-6-4-24(5-7-25)8-9-26/h1-3,10-13,20,26-27H,4-9,14-15H2. The van der Waals surface area contributed by atoms with Crippen molar-refractivity contribution in [1.82, 2.24) is 9.80 Å². The predicted molar refractivity (Wildman–Crippen MR) is 113 cm³/mol. The molecule has 152 valence electrons. The molecule has 0 bridgehead atoms. The van der Waals surface area contributed by atoms with E-state index in [9.17, 15) is 5.11 Å². The van der Waals surface area contributed by atoms with Crippen molar-refractivity contribution in [3.63, 3.8) is 0 Å². The van der Waals surface area contributed by atoms with Crippen molar-refractivity contribution >= 4 is 23.2 Å². The summed E-state index contributed by atoms with van der Waals surface area (Å²) in [5.74, 6) is 0.620. The average molecular weight is 425 g/mol. The molecule has 1 fully saturated rings. The number of rotatable bonds is 8. The van der Waals surface area contributed by atoms with E-state index in [1.54, 1.807) is 6.07 Å². The van der Waals surface area contributed by atoms with E-state index in [1.807, 2.05) is 36.4 Å². The Kier molecular flexibility index (Phi) is 7.97. The maximum atomic E-state index is 10.4. The molecule has 1 atom stereocenters. The summed E-state index contributed by atoms with van der Waals surface area (Å²) in [6.07, 6.45) is -0.585. The zero-order chi connectivity index (χ0) is 19.9. The third-order valence-corrected chi connectivity index (χ3v) is 5.28. The molecule has 1 aliphatic heterocycles. The molecule has 1 heterocycles. The van der Waals surface area contributed by atoms with Crippen LogP contribution in [0.2, 0.25) is 10.0 Å². The second-order valence-electron chi connectivity index (χ2n) is 7.02. The van der Waals surface area contributed by atoms with E-state index >= 15 is 0 Å². The molecular formula is C21H26Cl2N2O3. The Labute approximate surface area is 176 Å². The molecule has 7 heteroatoms. The molecule has 0 amide bonds.